The van der Waals surface area contributed by atoms with Crippen LogP contribution in [0.4, 0.5) is 0 Å². The summed E-state index contributed by atoms with van der Waals surface area (Å²) in [5.74, 6) is 0.0665. The molecule has 0 bridgehead atoms. The third kappa shape index (κ3) is 3.92. The van der Waals surface area contributed by atoms with E-state index in [4.69, 9.17) is 0 Å². The number of amides is 1. The van der Waals surface area contributed by atoms with Crippen LogP contribution < -0.4 is 0 Å². The van der Waals surface area contributed by atoms with Crippen LogP contribution in [-0.4, -0.2) is 28.4 Å². The zero-order chi connectivity index (χ0) is 15.2. The molecule has 0 aliphatic carbocycles. The molecule has 3 nitrogen and oxygen atoms in total. The van der Waals surface area contributed by atoms with Crippen molar-refractivity contribution < 1.29 is 4.79 Å². The Morgan fingerprint density at radius 2 is 2.19 bits per heavy atom. The summed E-state index contributed by atoms with van der Waals surface area (Å²) in [5.41, 5.74) is 0.583. The number of carbonyl (C=O) groups excluding carboxylic acids is 1. The van der Waals surface area contributed by atoms with Crippen LogP contribution in [0, 0.1) is 0 Å². The first kappa shape index (κ1) is 16.2. The Labute approximate surface area is 134 Å². The number of hydrogen-bond acceptors (Lipinski definition) is 4. The van der Waals surface area contributed by atoms with Crippen LogP contribution in [0.2, 0.25) is 0 Å². The van der Waals surface area contributed by atoms with Crippen molar-refractivity contribution in [1.82, 2.24) is 9.88 Å². The first-order valence-corrected chi connectivity index (χ1v) is 9.23. The van der Waals surface area contributed by atoms with E-state index >= 15 is 0 Å². The summed E-state index contributed by atoms with van der Waals surface area (Å²) in [6, 6.07) is 4.31. The largest absolute Gasteiger partial charge is 0.335 e. The number of unbranched alkanes of at least 4 members (excludes halogenated alkanes) is 1. The van der Waals surface area contributed by atoms with Gasteiger partial charge in [-0.3, -0.25) is 4.79 Å². The molecule has 114 valence electrons. The minimum Gasteiger partial charge on any atom is -0.335 e. The smallest absolute Gasteiger partial charge is 0.273 e. The molecule has 1 atom stereocenters. The maximum Gasteiger partial charge on any atom is 0.273 e. The van der Waals surface area contributed by atoms with Crippen molar-refractivity contribution in [3.05, 3.63) is 28.6 Å². The summed E-state index contributed by atoms with van der Waals surface area (Å²) in [4.78, 5) is 20.3. The summed E-state index contributed by atoms with van der Waals surface area (Å²) < 4.78 is 0. The number of rotatable bonds is 7. The lowest BCUT2D eigenvalue weighted by Crippen LogP contribution is -2.39. The molecular formula is C16H22N2OS2. The fraction of sp³-hybridized carbons (Fsp3) is 0.500. The van der Waals surface area contributed by atoms with Crippen molar-refractivity contribution in [1.29, 1.82) is 0 Å². The van der Waals surface area contributed by atoms with E-state index in [1.54, 1.807) is 22.7 Å². The predicted molar refractivity (Wildman–Crippen MR) is 91.1 cm³/mol. The van der Waals surface area contributed by atoms with Gasteiger partial charge < -0.3 is 4.90 Å². The van der Waals surface area contributed by atoms with E-state index in [0.29, 0.717) is 5.69 Å². The molecule has 1 amide bonds. The van der Waals surface area contributed by atoms with E-state index < -0.39 is 0 Å². The molecule has 0 saturated carbocycles. The van der Waals surface area contributed by atoms with Crippen LogP contribution >= 0.6 is 22.7 Å². The van der Waals surface area contributed by atoms with Crippen LogP contribution in [0.25, 0.3) is 9.88 Å². The molecule has 0 fully saturated rings. The molecule has 2 aromatic rings. The molecule has 0 radical (unpaired) electrons. The number of thiazole rings is 1. The minimum atomic E-state index is 0.0665. The molecule has 21 heavy (non-hydrogen) atoms. The van der Waals surface area contributed by atoms with E-state index in [1.807, 2.05) is 27.8 Å². The first-order valence-electron chi connectivity index (χ1n) is 7.47. The molecule has 0 aliphatic rings. The Kier molecular flexibility index (Phi) is 5.94. The van der Waals surface area contributed by atoms with Crippen molar-refractivity contribution in [3.63, 3.8) is 0 Å². The molecule has 0 N–H and O–H groups in total. The average Bonchev–Trinajstić information content (AvgIpc) is 3.17. The quantitative estimate of drug-likeness (QED) is 0.725. The molecule has 2 aromatic heterocycles. The highest BCUT2D eigenvalue weighted by atomic mass is 32.1. The molecule has 1 unspecified atom stereocenters. The van der Waals surface area contributed by atoms with Crippen molar-refractivity contribution in [2.75, 3.05) is 6.54 Å². The summed E-state index contributed by atoms with van der Waals surface area (Å²) in [6.45, 7) is 7.20. The lowest BCUT2D eigenvalue weighted by Gasteiger charge is -2.27. The number of nitrogens with zero attached hydrogens (tertiary/aromatic N) is 2. The fourth-order valence-corrected chi connectivity index (χ4v) is 3.71. The second-order valence-corrected chi connectivity index (χ2v) is 6.93. The SMILES string of the molecule is CCCCN(C(=O)c1csc(-c2cccs2)n1)C(C)CC. The van der Waals surface area contributed by atoms with Gasteiger partial charge in [-0.25, -0.2) is 4.98 Å². The lowest BCUT2D eigenvalue weighted by molar-refractivity contribution is 0.0680. The van der Waals surface area contributed by atoms with Gasteiger partial charge in [-0.1, -0.05) is 26.3 Å². The Balaban J connectivity index is 2.16. The highest BCUT2D eigenvalue weighted by Gasteiger charge is 2.22. The summed E-state index contributed by atoms with van der Waals surface area (Å²) in [6.07, 6.45) is 3.10. The van der Waals surface area contributed by atoms with Crippen LogP contribution in [0.3, 0.4) is 0 Å². The van der Waals surface area contributed by atoms with Gasteiger partial charge in [-0.2, -0.15) is 0 Å². The van der Waals surface area contributed by atoms with Gasteiger partial charge in [-0.05, 0) is 31.2 Å². The molecule has 0 aliphatic heterocycles. The molecule has 0 spiro atoms. The van der Waals surface area contributed by atoms with E-state index in [1.165, 1.54) is 0 Å². The van der Waals surface area contributed by atoms with Gasteiger partial charge in [0, 0.05) is 18.0 Å². The topological polar surface area (TPSA) is 33.2 Å². The second kappa shape index (κ2) is 7.71. The summed E-state index contributed by atoms with van der Waals surface area (Å²) in [7, 11) is 0. The normalized spacial score (nSPS) is 12.3. The van der Waals surface area contributed by atoms with Gasteiger partial charge in [-0.15, -0.1) is 22.7 Å². The van der Waals surface area contributed by atoms with Crippen molar-refractivity contribution in [3.8, 4) is 9.88 Å². The lowest BCUT2D eigenvalue weighted by atomic mass is 10.2. The third-order valence-corrected chi connectivity index (χ3v) is 5.47. The van der Waals surface area contributed by atoms with E-state index in [-0.39, 0.29) is 11.9 Å². The van der Waals surface area contributed by atoms with E-state index in [0.717, 1.165) is 35.7 Å². The van der Waals surface area contributed by atoms with Crippen molar-refractivity contribution in [2.45, 2.75) is 46.1 Å². The highest BCUT2D eigenvalue weighted by molar-refractivity contribution is 7.20. The monoisotopic (exact) mass is 322 g/mol. The zero-order valence-electron chi connectivity index (χ0n) is 12.8. The van der Waals surface area contributed by atoms with Gasteiger partial charge in [0.2, 0.25) is 0 Å². The van der Waals surface area contributed by atoms with Gasteiger partial charge in [0.1, 0.15) is 10.7 Å². The third-order valence-electron chi connectivity index (χ3n) is 3.59. The highest BCUT2D eigenvalue weighted by Crippen LogP contribution is 2.28. The molecular weight excluding hydrogens is 300 g/mol. The maximum atomic E-state index is 12.7. The van der Waals surface area contributed by atoms with Crippen molar-refractivity contribution in [2.24, 2.45) is 0 Å². The van der Waals surface area contributed by atoms with Crippen LogP contribution in [-0.2, 0) is 0 Å². The molecule has 2 heterocycles. The van der Waals surface area contributed by atoms with Crippen LogP contribution in [0.15, 0.2) is 22.9 Å². The van der Waals surface area contributed by atoms with Gasteiger partial charge in [0.05, 0.1) is 4.88 Å². The summed E-state index contributed by atoms with van der Waals surface area (Å²) in [5, 5.41) is 4.86. The Morgan fingerprint density at radius 1 is 1.38 bits per heavy atom. The Morgan fingerprint density at radius 3 is 2.81 bits per heavy atom. The van der Waals surface area contributed by atoms with Crippen LogP contribution in [0.5, 0.6) is 0 Å². The van der Waals surface area contributed by atoms with Gasteiger partial charge in [0.15, 0.2) is 0 Å². The Hall–Kier alpha value is -1.20. The number of hydrogen-bond donors (Lipinski definition) is 0. The second-order valence-electron chi connectivity index (χ2n) is 5.12. The fourth-order valence-electron chi connectivity index (χ4n) is 2.10. The Bertz CT molecular complexity index is 563. The number of thiophene rings is 1. The minimum absolute atomic E-state index is 0.0665. The zero-order valence-corrected chi connectivity index (χ0v) is 14.5. The summed E-state index contributed by atoms with van der Waals surface area (Å²) >= 11 is 3.21. The molecule has 5 heteroatoms. The van der Waals surface area contributed by atoms with E-state index in [2.05, 4.69) is 25.8 Å². The first-order chi connectivity index (χ1) is 10.2. The maximum absolute atomic E-state index is 12.7. The standard InChI is InChI=1S/C16H22N2OS2/c1-4-6-9-18(12(3)5-2)16(19)13-11-21-15(17-13)14-8-7-10-20-14/h7-8,10-12H,4-6,9H2,1-3H3. The van der Waals surface area contributed by atoms with Gasteiger partial charge in [0.25, 0.3) is 5.91 Å². The number of carbonyl (C=O) groups is 1. The average molecular weight is 322 g/mol. The van der Waals surface area contributed by atoms with E-state index in [9.17, 15) is 4.79 Å². The van der Waals surface area contributed by atoms with Gasteiger partial charge >= 0.3 is 0 Å². The van der Waals surface area contributed by atoms with Crippen molar-refractivity contribution >= 4 is 28.6 Å². The molecule has 2 rings (SSSR count). The predicted octanol–water partition coefficient (Wildman–Crippen LogP) is 4.91. The number of aromatic nitrogens is 1. The molecule has 0 aromatic carbocycles. The van der Waals surface area contributed by atoms with Crippen LogP contribution in [0.1, 0.15) is 50.5 Å². The molecule has 0 saturated heterocycles.